The van der Waals surface area contributed by atoms with Crippen molar-refractivity contribution in [3.05, 3.63) is 29.3 Å². The van der Waals surface area contributed by atoms with E-state index in [1.165, 1.54) is 19.3 Å². The Morgan fingerprint density at radius 2 is 1.58 bits per heavy atom. The lowest BCUT2D eigenvalue weighted by molar-refractivity contribution is -0.151. The highest BCUT2D eigenvalue weighted by atomic mass is 35.5. The van der Waals surface area contributed by atoms with Gasteiger partial charge in [-0.3, -0.25) is 4.79 Å². The Morgan fingerprint density at radius 1 is 1.00 bits per heavy atom. The summed E-state index contributed by atoms with van der Waals surface area (Å²) in [6.45, 7) is -0.475. The molecular weight excluding hydrogens is 354 g/mol. The minimum absolute atomic E-state index is 0.0575. The molecule has 0 spiro atoms. The SMILES string of the molecule is O=C(COC(=O)COc1ccc(Cl)cc1)NC12CC3CC(CC(C3)C1)C2. The van der Waals surface area contributed by atoms with Crippen LogP contribution in [0.3, 0.4) is 0 Å². The molecule has 5 rings (SSSR count). The molecule has 0 aromatic heterocycles. The molecule has 1 amide bonds. The molecule has 140 valence electrons. The average Bonchev–Trinajstić information content (AvgIpc) is 2.58. The van der Waals surface area contributed by atoms with Crippen LogP contribution in [-0.2, 0) is 14.3 Å². The van der Waals surface area contributed by atoms with Gasteiger partial charge in [0.2, 0.25) is 0 Å². The maximum absolute atomic E-state index is 12.3. The van der Waals surface area contributed by atoms with Gasteiger partial charge in [0.1, 0.15) is 5.75 Å². The third kappa shape index (κ3) is 3.98. The van der Waals surface area contributed by atoms with Crippen LogP contribution in [-0.4, -0.2) is 30.6 Å². The van der Waals surface area contributed by atoms with Crippen molar-refractivity contribution < 1.29 is 19.1 Å². The molecule has 6 heteroatoms. The molecule has 1 aromatic carbocycles. The van der Waals surface area contributed by atoms with Crippen LogP contribution in [0, 0.1) is 17.8 Å². The van der Waals surface area contributed by atoms with E-state index in [-0.39, 0.29) is 24.7 Å². The van der Waals surface area contributed by atoms with Crippen molar-refractivity contribution in [3.8, 4) is 5.75 Å². The van der Waals surface area contributed by atoms with Gasteiger partial charge in [-0.15, -0.1) is 0 Å². The van der Waals surface area contributed by atoms with E-state index in [1.54, 1.807) is 24.3 Å². The second kappa shape index (κ2) is 7.10. The number of esters is 1. The molecule has 1 aromatic rings. The summed E-state index contributed by atoms with van der Waals surface area (Å²) in [4.78, 5) is 24.1. The van der Waals surface area contributed by atoms with Crippen LogP contribution in [0.5, 0.6) is 5.75 Å². The summed E-state index contributed by atoms with van der Waals surface area (Å²) in [5.41, 5.74) is -0.0575. The van der Waals surface area contributed by atoms with Gasteiger partial charge in [0, 0.05) is 10.6 Å². The standard InChI is InChI=1S/C20H24ClNO4/c21-16-1-3-17(4-2-16)25-12-19(24)26-11-18(23)22-20-8-13-5-14(9-20)7-15(6-13)10-20/h1-4,13-15H,5-12H2,(H,22,23). The number of hydrogen-bond acceptors (Lipinski definition) is 4. The highest BCUT2D eigenvalue weighted by Gasteiger charge is 2.51. The lowest BCUT2D eigenvalue weighted by Gasteiger charge is -2.56. The Kier molecular flexibility index (Phi) is 4.82. The zero-order valence-corrected chi connectivity index (χ0v) is 15.5. The van der Waals surface area contributed by atoms with Gasteiger partial charge in [-0.2, -0.15) is 0 Å². The largest absolute Gasteiger partial charge is 0.482 e. The highest BCUT2D eigenvalue weighted by Crippen LogP contribution is 2.55. The van der Waals surface area contributed by atoms with Gasteiger partial charge >= 0.3 is 5.97 Å². The summed E-state index contributed by atoms with van der Waals surface area (Å²) in [5.74, 6) is 2.06. The number of amides is 1. The number of rotatable bonds is 6. The van der Waals surface area contributed by atoms with Gasteiger partial charge in [-0.05, 0) is 80.5 Å². The molecule has 0 saturated heterocycles. The smallest absolute Gasteiger partial charge is 0.344 e. The second-order valence-electron chi connectivity index (χ2n) is 8.15. The molecule has 5 nitrogen and oxygen atoms in total. The molecule has 4 fully saturated rings. The minimum atomic E-state index is -0.555. The molecule has 1 N–H and O–H groups in total. The third-order valence-electron chi connectivity index (χ3n) is 5.98. The van der Waals surface area contributed by atoms with Crippen molar-refractivity contribution in [3.63, 3.8) is 0 Å². The molecule has 4 aliphatic carbocycles. The minimum Gasteiger partial charge on any atom is -0.482 e. The number of nitrogens with one attached hydrogen (secondary N) is 1. The van der Waals surface area contributed by atoms with Crippen LogP contribution in [0.2, 0.25) is 5.02 Å². The van der Waals surface area contributed by atoms with Gasteiger partial charge in [0.05, 0.1) is 0 Å². The predicted molar refractivity (Wildman–Crippen MR) is 97.0 cm³/mol. The molecule has 0 atom stereocenters. The molecule has 4 aliphatic rings. The Hall–Kier alpha value is -1.75. The van der Waals surface area contributed by atoms with Gasteiger partial charge in [0.15, 0.2) is 13.2 Å². The molecule has 4 saturated carbocycles. The van der Waals surface area contributed by atoms with Crippen molar-refractivity contribution in [2.45, 2.75) is 44.1 Å². The molecular formula is C20H24ClNO4. The van der Waals surface area contributed by atoms with Gasteiger partial charge < -0.3 is 14.8 Å². The van der Waals surface area contributed by atoms with E-state index in [1.807, 2.05) is 0 Å². The van der Waals surface area contributed by atoms with Crippen molar-refractivity contribution in [1.82, 2.24) is 5.32 Å². The number of benzene rings is 1. The number of carbonyl (C=O) groups excluding carboxylic acids is 2. The van der Waals surface area contributed by atoms with Crippen molar-refractivity contribution in [2.24, 2.45) is 17.8 Å². The lowest BCUT2D eigenvalue weighted by atomic mass is 9.53. The fraction of sp³-hybridized carbons (Fsp3) is 0.600. The molecule has 0 unspecified atom stereocenters. The third-order valence-corrected chi connectivity index (χ3v) is 6.23. The summed E-state index contributed by atoms with van der Waals surface area (Å²) < 4.78 is 10.4. The fourth-order valence-electron chi connectivity index (χ4n) is 5.46. The van der Waals surface area contributed by atoms with E-state index in [9.17, 15) is 9.59 Å². The van der Waals surface area contributed by atoms with E-state index in [0.29, 0.717) is 10.8 Å². The Morgan fingerprint density at radius 3 is 2.15 bits per heavy atom. The maximum atomic E-state index is 12.3. The Balaban J connectivity index is 1.21. The predicted octanol–water partition coefficient (Wildman–Crippen LogP) is 3.35. The monoisotopic (exact) mass is 377 g/mol. The van der Waals surface area contributed by atoms with Gasteiger partial charge in [-0.25, -0.2) is 4.79 Å². The number of hydrogen-bond donors (Lipinski definition) is 1. The van der Waals surface area contributed by atoms with Crippen molar-refractivity contribution >= 4 is 23.5 Å². The first-order valence-corrected chi connectivity index (χ1v) is 9.72. The topological polar surface area (TPSA) is 64.6 Å². The Bertz CT molecular complexity index is 652. The zero-order chi connectivity index (χ0) is 18.1. The molecule has 4 bridgehead atoms. The normalized spacial score (nSPS) is 31.5. The van der Waals surface area contributed by atoms with Crippen LogP contribution in [0.1, 0.15) is 38.5 Å². The number of carbonyl (C=O) groups is 2. The molecule has 0 heterocycles. The average molecular weight is 378 g/mol. The fourth-order valence-corrected chi connectivity index (χ4v) is 5.58. The zero-order valence-electron chi connectivity index (χ0n) is 14.7. The Labute approximate surface area is 158 Å². The summed E-state index contributed by atoms with van der Waals surface area (Å²) in [5, 5.41) is 3.79. The van der Waals surface area contributed by atoms with E-state index in [4.69, 9.17) is 21.1 Å². The second-order valence-corrected chi connectivity index (χ2v) is 8.59. The summed E-state index contributed by atoms with van der Waals surface area (Å²) in [7, 11) is 0. The number of halogens is 1. The first-order chi connectivity index (χ1) is 12.5. The number of ether oxygens (including phenoxy) is 2. The molecule has 0 aliphatic heterocycles. The summed E-state index contributed by atoms with van der Waals surface area (Å²) in [6.07, 6.45) is 7.22. The molecule has 0 radical (unpaired) electrons. The van der Waals surface area contributed by atoms with Crippen molar-refractivity contribution in [2.75, 3.05) is 13.2 Å². The van der Waals surface area contributed by atoms with E-state index in [2.05, 4.69) is 5.32 Å². The maximum Gasteiger partial charge on any atom is 0.344 e. The van der Waals surface area contributed by atoms with E-state index >= 15 is 0 Å². The highest BCUT2D eigenvalue weighted by molar-refractivity contribution is 6.30. The lowest BCUT2D eigenvalue weighted by Crippen LogP contribution is -2.60. The van der Waals surface area contributed by atoms with Crippen LogP contribution in [0.4, 0.5) is 0 Å². The van der Waals surface area contributed by atoms with Crippen molar-refractivity contribution in [1.29, 1.82) is 0 Å². The first-order valence-electron chi connectivity index (χ1n) is 9.35. The van der Waals surface area contributed by atoms with Crippen LogP contribution >= 0.6 is 11.6 Å². The van der Waals surface area contributed by atoms with Crippen LogP contribution in [0.15, 0.2) is 24.3 Å². The summed E-state index contributed by atoms with van der Waals surface area (Å²) in [6, 6.07) is 6.72. The van der Waals surface area contributed by atoms with E-state index < -0.39 is 5.97 Å². The van der Waals surface area contributed by atoms with Gasteiger partial charge in [-0.1, -0.05) is 11.6 Å². The van der Waals surface area contributed by atoms with E-state index in [0.717, 1.165) is 37.0 Å². The molecule has 26 heavy (non-hydrogen) atoms. The van der Waals surface area contributed by atoms with Crippen LogP contribution < -0.4 is 10.1 Å². The first kappa shape index (κ1) is 17.7. The van der Waals surface area contributed by atoms with Crippen LogP contribution in [0.25, 0.3) is 0 Å². The quantitative estimate of drug-likeness (QED) is 0.772. The van der Waals surface area contributed by atoms with Gasteiger partial charge in [0.25, 0.3) is 5.91 Å². The summed E-state index contributed by atoms with van der Waals surface area (Å²) >= 11 is 5.80.